The van der Waals surface area contributed by atoms with E-state index in [1.54, 1.807) is 0 Å². The summed E-state index contributed by atoms with van der Waals surface area (Å²) in [6.45, 7) is 3.81. The van der Waals surface area contributed by atoms with Crippen molar-refractivity contribution in [2.24, 2.45) is 5.73 Å². The molecule has 2 heteroatoms. The van der Waals surface area contributed by atoms with Crippen molar-refractivity contribution >= 4 is 10.9 Å². The molecule has 1 aromatic heterocycles. The molecule has 0 spiro atoms. The van der Waals surface area contributed by atoms with Crippen molar-refractivity contribution < 1.29 is 0 Å². The molecular weight excluding hydrogens is 256 g/mol. The van der Waals surface area contributed by atoms with Crippen LogP contribution in [0.5, 0.6) is 0 Å². The van der Waals surface area contributed by atoms with E-state index in [2.05, 4.69) is 72.3 Å². The van der Waals surface area contributed by atoms with Crippen LogP contribution in [0.3, 0.4) is 0 Å². The number of rotatable bonds is 5. The van der Waals surface area contributed by atoms with Gasteiger partial charge in [-0.3, -0.25) is 0 Å². The summed E-state index contributed by atoms with van der Waals surface area (Å²) in [6, 6.07) is 19.3. The molecule has 21 heavy (non-hydrogen) atoms. The molecule has 0 bridgehead atoms. The molecule has 2 nitrogen and oxygen atoms in total. The summed E-state index contributed by atoms with van der Waals surface area (Å²) in [5, 5.41) is 1.32. The smallest absolute Gasteiger partial charge is 0.0512 e. The molecule has 0 saturated heterocycles. The molecule has 0 aliphatic rings. The number of aryl methyl sites for hydroxylation is 1. The van der Waals surface area contributed by atoms with Crippen LogP contribution in [-0.4, -0.2) is 11.1 Å². The van der Waals surface area contributed by atoms with Crippen LogP contribution in [0.15, 0.2) is 60.8 Å². The minimum absolute atomic E-state index is 0.353. The zero-order chi connectivity index (χ0) is 14.7. The van der Waals surface area contributed by atoms with Gasteiger partial charge in [0.25, 0.3) is 0 Å². The molecule has 3 aromatic rings. The molecule has 0 aliphatic carbocycles. The molecule has 1 heterocycles. The van der Waals surface area contributed by atoms with E-state index in [0.29, 0.717) is 12.5 Å². The third kappa shape index (κ3) is 2.72. The first-order valence-corrected chi connectivity index (χ1v) is 7.65. The van der Waals surface area contributed by atoms with Gasteiger partial charge in [0.15, 0.2) is 0 Å². The summed E-state index contributed by atoms with van der Waals surface area (Å²) in [6.07, 6.45) is 3.25. The summed E-state index contributed by atoms with van der Waals surface area (Å²) >= 11 is 0. The lowest BCUT2D eigenvalue weighted by molar-refractivity contribution is 0.579. The number of nitrogens with zero attached hydrogens (tertiary/aromatic N) is 1. The normalized spacial score (nSPS) is 12.7. The largest absolute Gasteiger partial charge is 0.347 e. The van der Waals surface area contributed by atoms with Gasteiger partial charge in [0.2, 0.25) is 0 Å². The van der Waals surface area contributed by atoms with Crippen LogP contribution < -0.4 is 5.73 Å². The maximum atomic E-state index is 6.02. The minimum Gasteiger partial charge on any atom is -0.347 e. The second-order valence-electron chi connectivity index (χ2n) is 5.52. The van der Waals surface area contributed by atoms with Crippen LogP contribution in [0.4, 0.5) is 0 Å². The van der Waals surface area contributed by atoms with Gasteiger partial charge >= 0.3 is 0 Å². The first-order valence-electron chi connectivity index (χ1n) is 7.65. The minimum atomic E-state index is 0.353. The first kappa shape index (κ1) is 13.9. The van der Waals surface area contributed by atoms with E-state index in [0.717, 1.165) is 13.0 Å². The van der Waals surface area contributed by atoms with E-state index < -0.39 is 0 Å². The third-order valence-corrected chi connectivity index (χ3v) is 4.23. The second-order valence-corrected chi connectivity index (χ2v) is 5.52. The Bertz CT molecular complexity index is 713. The highest BCUT2D eigenvalue weighted by molar-refractivity contribution is 5.83. The average molecular weight is 278 g/mol. The topological polar surface area (TPSA) is 30.9 Å². The number of hydrogen-bond acceptors (Lipinski definition) is 1. The van der Waals surface area contributed by atoms with Crippen molar-refractivity contribution in [1.82, 2.24) is 4.57 Å². The van der Waals surface area contributed by atoms with E-state index in [9.17, 15) is 0 Å². The molecule has 0 radical (unpaired) electrons. The summed E-state index contributed by atoms with van der Waals surface area (Å²) in [5.41, 5.74) is 10.1. The van der Waals surface area contributed by atoms with Crippen LogP contribution in [0.1, 0.15) is 24.0 Å². The number of para-hydroxylation sites is 1. The number of fused-ring (bicyclic) bond motifs is 1. The Labute approximate surface area is 126 Å². The lowest BCUT2D eigenvalue weighted by Crippen LogP contribution is -2.18. The predicted molar refractivity (Wildman–Crippen MR) is 89.6 cm³/mol. The van der Waals surface area contributed by atoms with Crippen LogP contribution in [-0.2, 0) is 13.0 Å². The quantitative estimate of drug-likeness (QED) is 0.753. The highest BCUT2D eigenvalue weighted by Gasteiger charge is 2.13. The number of nitrogens with two attached hydrogens (primary N) is 1. The molecule has 2 aromatic carbocycles. The van der Waals surface area contributed by atoms with Gasteiger partial charge in [0.1, 0.15) is 0 Å². The monoisotopic (exact) mass is 278 g/mol. The maximum absolute atomic E-state index is 6.02. The molecule has 3 rings (SSSR count). The van der Waals surface area contributed by atoms with Gasteiger partial charge in [-0.2, -0.15) is 0 Å². The van der Waals surface area contributed by atoms with Crippen molar-refractivity contribution in [3.63, 3.8) is 0 Å². The van der Waals surface area contributed by atoms with Gasteiger partial charge < -0.3 is 10.3 Å². The molecular formula is C19H22N2. The van der Waals surface area contributed by atoms with Gasteiger partial charge in [-0.15, -0.1) is 0 Å². The van der Waals surface area contributed by atoms with Gasteiger partial charge in [0, 0.05) is 25.2 Å². The van der Waals surface area contributed by atoms with Crippen molar-refractivity contribution in [1.29, 1.82) is 0 Å². The molecule has 0 saturated carbocycles. The zero-order valence-electron chi connectivity index (χ0n) is 12.5. The summed E-state index contributed by atoms with van der Waals surface area (Å²) in [5.74, 6) is 0.353. The average Bonchev–Trinajstić information content (AvgIpc) is 2.96. The Kier molecular flexibility index (Phi) is 4.07. The molecule has 1 atom stereocenters. The Balaban J connectivity index is 1.97. The maximum Gasteiger partial charge on any atom is 0.0512 e. The SMILES string of the molecule is CCc1cccc2ccn(CC(CN)c3ccccc3)c12. The Hall–Kier alpha value is -2.06. The van der Waals surface area contributed by atoms with Gasteiger partial charge in [-0.25, -0.2) is 0 Å². The summed E-state index contributed by atoms with van der Waals surface area (Å²) < 4.78 is 2.36. The molecule has 108 valence electrons. The van der Waals surface area contributed by atoms with E-state index in [1.165, 1.54) is 22.0 Å². The Morgan fingerprint density at radius 2 is 1.81 bits per heavy atom. The van der Waals surface area contributed by atoms with Crippen molar-refractivity contribution in [3.05, 3.63) is 71.9 Å². The van der Waals surface area contributed by atoms with Gasteiger partial charge in [-0.05, 0) is 29.0 Å². The van der Waals surface area contributed by atoms with Crippen LogP contribution in [0.25, 0.3) is 10.9 Å². The lowest BCUT2D eigenvalue weighted by atomic mass is 9.99. The van der Waals surface area contributed by atoms with E-state index in [1.807, 2.05) is 0 Å². The van der Waals surface area contributed by atoms with Crippen LogP contribution >= 0.6 is 0 Å². The molecule has 0 fully saturated rings. The van der Waals surface area contributed by atoms with Crippen LogP contribution in [0, 0.1) is 0 Å². The Morgan fingerprint density at radius 3 is 2.52 bits per heavy atom. The zero-order valence-corrected chi connectivity index (χ0v) is 12.5. The molecule has 0 amide bonds. The summed E-state index contributed by atoms with van der Waals surface area (Å²) in [4.78, 5) is 0. The van der Waals surface area contributed by atoms with Gasteiger partial charge in [0.05, 0.1) is 5.52 Å². The van der Waals surface area contributed by atoms with Crippen molar-refractivity contribution in [2.45, 2.75) is 25.8 Å². The molecule has 0 aliphatic heterocycles. The third-order valence-electron chi connectivity index (χ3n) is 4.23. The Morgan fingerprint density at radius 1 is 1.00 bits per heavy atom. The summed E-state index contributed by atoms with van der Waals surface area (Å²) in [7, 11) is 0. The fraction of sp³-hybridized carbons (Fsp3) is 0.263. The first-order chi connectivity index (χ1) is 10.3. The number of aromatic nitrogens is 1. The van der Waals surface area contributed by atoms with E-state index >= 15 is 0 Å². The lowest BCUT2D eigenvalue weighted by Gasteiger charge is -2.18. The van der Waals surface area contributed by atoms with E-state index in [-0.39, 0.29) is 0 Å². The van der Waals surface area contributed by atoms with Gasteiger partial charge in [-0.1, -0.05) is 55.5 Å². The molecule has 1 unspecified atom stereocenters. The van der Waals surface area contributed by atoms with E-state index in [4.69, 9.17) is 5.73 Å². The van der Waals surface area contributed by atoms with Crippen molar-refractivity contribution in [2.75, 3.05) is 6.54 Å². The fourth-order valence-corrected chi connectivity index (χ4v) is 3.06. The number of benzene rings is 2. The van der Waals surface area contributed by atoms with Crippen LogP contribution in [0.2, 0.25) is 0 Å². The number of hydrogen-bond donors (Lipinski definition) is 1. The highest BCUT2D eigenvalue weighted by atomic mass is 15.0. The highest BCUT2D eigenvalue weighted by Crippen LogP contribution is 2.24. The fourth-order valence-electron chi connectivity index (χ4n) is 3.06. The predicted octanol–water partition coefficient (Wildman–Crippen LogP) is 3.95. The second kappa shape index (κ2) is 6.15. The van der Waals surface area contributed by atoms with Crippen molar-refractivity contribution in [3.8, 4) is 0 Å². The standard InChI is InChI=1S/C19H22N2/c1-2-15-9-6-10-17-11-12-21(19(15)17)14-18(13-20)16-7-4-3-5-8-16/h3-12,18H,2,13-14,20H2,1H3. The molecule has 2 N–H and O–H groups in total.